The minimum atomic E-state index is -0.348. The molecule has 1 N–H and O–H groups in total. The van der Waals surface area contributed by atoms with Gasteiger partial charge in [-0.2, -0.15) is 0 Å². The number of nitrogens with zero attached hydrogens (tertiary/aromatic N) is 2. The van der Waals surface area contributed by atoms with Crippen LogP contribution in [0.25, 0.3) is 21.8 Å². The van der Waals surface area contributed by atoms with E-state index in [4.69, 9.17) is 14.5 Å². The van der Waals surface area contributed by atoms with Crippen LogP contribution in [0.2, 0.25) is 0 Å². The molecule has 1 fully saturated rings. The molecule has 6 nitrogen and oxygen atoms in total. The second-order valence-corrected chi connectivity index (χ2v) is 8.52. The number of benzene rings is 3. The van der Waals surface area contributed by atoms with Crippen LogP contribution < -0.4 is 10.1 Å². The molecular weight excluding hydrogens is 414 g/mol. The summed E-state index contributed by atoms with van der Waals surface area (Å²) in [6.45, 7) is 3.98. The second kappa shape index (κ2) is 9.63. The number of carbonyl (C=O) groups excluding carboxylic acids is 1. The predicted molar refractivity (Wildman–Crippen MR) is 129 cm³/mol. The Morgan fingerprint density at radius 2 is 1.97 bits per heavy atom. The first-order valence-electron chi connectivity index (χ1n) is 11.7. The number of amides is 1. The lowest BCUT2D eigenvalue weighted by molar-refractivity contribution is -0.130. The molecule has 33 heavy (non-hydrogen) atoms. The Hall–Kier alpha value is -3.38. The molecule has 1 saturated heterocycles. The minimum absolute atomic E-state index is 0.0575. The Balaban J connectivity index is 1.29. The van der Waals surface area contributed by atoms with Crippen molar-refractivity contribution in [3.63, 3.8) is 0 Å². The molecule has 2 heterocycles. The van der Waals surface area contributed by atoms with Crippen LogP contribution in [0.1, 0.15) is 38.1 Å². The molecule has 1 amide bonds. The summed E-state index contributed by atoms with van der Waals surface area (Å²) >= 11 is 0. The van der Waals surface area contributed by atoms with Crippen molar-refractivity contribution in [3.05, 3.63) is 72.6 Å². The SMILES string of the molecule is CC(NC(=O)C1CCCO1)c1nc2ccccc2n1CCCOc1cccc2ccccc12. The molecule has 5 rings (SSSR count). The summed E-state index contributed by atoms with van der Waals surface area (Å²) in [5.74, 6) is 1.70. The highest BCUT2D eigenvalue weighted by Crippen LogP contribution is 2.26. The van der Waals surface area contributed by atoms with Gasteiger partial charge in [-0.25, -0.2) is 4.98 Å². The topological polar surface area (TPSA) is 65.4 Å². The van der Waals surface area contributed by atoms with Gasteiger partial charge in [-0.3, -0.25) is 4.79 Å². The fraction of sp³-hybridized carbons (Fsp3) is 0.333. The van der Waals surface area contributed by atoms with Gasteiger partial charge >= 0.3 is 0 Å². The molecule has 1 aromatic heterocycles. The van der Waals surface area contributed by atoms with E-state index in [1.165, 1.54) is 5.39 Å². The molecule has 0 saturated carbocycles. The molecule has 2 unspecified atom stereocenters. The molecule has 3 aromatic carbocycles. The molecule has 0 aliphatic carbocycles. The van der Waals surface area contributed by atoms with Crippen LogP contribution in [0, 0.1) is 0 Å². The van der Waals surface area contributed by atoms with Gasteiger partial charge in [-0.15, -0.1) is 0 Å². The summed E-state index contributed by atoms with van der Waals surface area (Å²) < 4.78 is 13.9. The summed E-state index contributed by atoms with van der Waals surface area (Å²) in [4.78, 5) is 17.4. The van der Waals surface area contributed by atoms with Crippen LogP contribution >= 0.6 is 0 Å². The molecule has 2 atom stereocenters. The average Bonchev–Trinajstić information content (AvgIpc) is 3.51. The van der Waals surface area contributed by atoms with E-state index >= 15 is 0 Å². The smallest absolute Gasteiger partial charge is 0.249 e. The van der Waals surface area contributed by atoms with Crippen molar-refractivity contribution < 1.29 is 14.3 Å². The standard InChI is InChI=1S/C27H29N3O3/c1-19(28-27(31)25-15-7-17-33-25)26-29-22-12-4-5-13-23(22)30(26)16-8-18-32-24-14-6-10-20-9-2-3-11-21(20)24/h2-6,9-14,19,25H,7-8,15-18H2,1H3,(H,28,31). The van der Waals surface area contributed by atoms with Gasteiger partial charge in [0.1, 0.15) is 17.7 Å². The number of carbonyl (C=O) groups is 1. The first kappa shape index (κ1) is 21.5. The molecule has 0 radical (unpaired) electrons. The lowest BCUT2D eigenvalue weighted by Gasteiger charge is -2.18. The summed E-state index contributed by atoms with van der Waals surface area (Å²) in [7, 11) is 0. The third-order valence-electron chi connectivity index (χ3n) is 6.19. The van der Waals surface area contributed by atoms with Crippen LogP contribution in [0.15, 0.2) is 66.7 Å². The van der Waals surface area contributed by atoms with Crippen LogP contribution in [0.3, 0.4) is 0 Å². The van der Waals surface area contributed by atoms with E-state index in [9.17, 15) is 4.79 Å². The van der Waals surface area contributed by atoms with Gasteiger partial charge in [0.05, 0.1) is 23.7 Å². The van der Waals surface area contributed by atoms with Crippen LogP contribution in [-0.2, 0) is 16.1 Å². The molecule has 170 valence electrons. The number of rotatable bonds is 8. The summed E-state index contributed by atoms with van der Waals surface area (Å²) in [6, 6.07) is 22.3. The number of hydrogen-bond donors (Lipinski definition) is 1. The van der Waals surface area contributed by atoms with Gasteiger partial charge in [0.15, 0.2) is 0 Å². The van der Waals surface area contributed by atoms with Gasteiger partial charge in [0.25, 0.3) is 0 Å². The highest BCUT2D eigenvalue weighted by molar-refractivity contribution is 5.88. The largest absolute Gasteiger partial charge is 0.493 e. The van der Waals surface area contributed by atoms with Crippen LogP contribution in [0.4, 0.5) is 0 Å². The molecule has 4 aromatic rings. The van der Waals surface area contributed by atoms with E-state index in [0.717, 1.165) is 53.8 Å². The zero-order valence-electron chi connectivity index (χ0n) is 18.9. The maximum Gasteiger partial charge on any atom is 0.249 e. The first-order chi connectivity index (χ1) is 16.2. The van der Waals surface area contributed by atoms with Crippen molar-refractivity contribution >= 4 is 27.7 Å². The van der Waals surface area contributed by atoms with Gasteiger partial charge in [-0.05, 0) is 49.8 Å². The van der Waals surface area contributed by atoms with E-state index in [-0.39, 0.29) is 18.1 Å². The molecule has 1 aliphatic rings. The number of para-hydroxylation sites is 2. The van der Waals surface area contributed by atoms with Crippen molar-refractivity contribution in [1.82, 2.24) is 14.9 Å². The van der Waals surface area contributed by atoms with E-state index < -0.39 is 0 Å². The van der Waals surface area contributed by atoms with Crippen molar-refractivity contribution in [2.45, 2.75) is 44.9 Å². The Morgan fingerprint density at radius 3 is 2.85 bits per heavy atom. The van der Waals surface area contributed by atoms with E-state index in [1.54, 1.807) is 0 Å². The fourth-order valence-corrected chi connectivity index (χ4v) is 4.54. The maximum atomic E-state index is 12.6. The van der Waals surface area contributed by atoms with E-state index in [1.807, 2.05) is 49.4 Å². The number of nitrogens with one attached hydrogen (secondary N) is 1. The molecule has 6 heteroatoms. The second-order valence-electron chi connectivity index (χ2n) is 8.52. The highest BCUT2D eigenvalue weighted by atomic mass is 16.5. The fourth-order valence-electron chi connectivity index (χ4n) is 4.54. The molecule has 1 aliphatic heterocycles. The van der Waals surface area contributed by atoms with Gasteiger partial charge in [0, 0.05) is 18.5 Å². The number of imidazole rings is 1. The normalized spacial score (nSPS) is 16.8. The molecule has 0 bridgehead atoms. The minimum Gasteiger partial charge on any atom is -0.493 e. The first-order valence-corrected chi connectivity index (χ1v) is 11.7. The molecule has 0 spiro atoms. The number of aryl methyl sites for hydroxylation is 1. The number of fused-ring (bicyclic) bond motifs is 2. The highest BCUT2D eigenvalue weighted by Gasteiger charge is 2.26. The zero-order valence-corrected chi connectivity index (χ0v) is 18.9. The van der Waals surface area contributed by atoms with Crippen LogP contribution in [-0.4, -0.2) is 34.8 Å². The summed E-state index contributed by atoms with van der Waals surface area (Å²) in [6.07, 6.45) is 2.19. The number of ether oxygens (including phenoxy) is 2. The number of hydrogen-bond acceptors (Lipinski definition) is 4. The van der Waals surface area contributed by atoms with Crippen molar-refractivity contribution in [2.75, 3.05) is 13.2 Å². The van der Waals surface area contributed by atoms with Crippen LogP contribution in [0.5, 0.6) is 5.75 Å². The lowest BCUT2D eigenvalue weighted by Crippen LogP contribution is -2.36. The van der Waals surface area contributed by atoms with Crippen molar-refractivity contribution in [1.29, 1.82) is 0 Å². The third kappa shape index (κ3) is 4.57. The molecular formula is C27H29N3O3. The third-order valence-corrected chi connectivity index (χ3v) is 6.19. The van der Waals surface area contributed by atoms with E-state index in [2.05, 4.69) is 34.1 Å². The monoisotopic (exact) mass is 443 g/mol. The Labute approximate surface area is 193 Å². The van der Waals surface area contributed by atoms with Crippen molar-refractivity contribution in [2.24, 2.45) is 0 Å². The Bertz CT molecular complexity index is 1250. The number of aromatic nitrogens is 2. The Kier molecular flexibility index (Phi) is 6.26. The van der Waals surface area contributed by atoms with Crippen molar-refractivity contribution in [3.8, 4) is 5.75 Å². The zero-order chi connectivity index (χ0) is 22.6. The average molecular weight is 444 g/mol. The maximum absolute atomic E-state index is 12.6. The van der Waals surface area contributed by atoms with Gasteiger partial charge in [-0.1, -0.05) is 48.5 Å². The summed E-state index contributed by atoms with van der Waals surface area (Å²) in [5, 5.41) is 5.40. The lowest BCUT2D eigenvalue weighted by atomic mass is 10.1. The quantitative estimate of drug-likeness (QED) is 0.389. The Morgan fingerprint density at radius 1 is 1.15 bits per heavy atom. The van der Waals surface area contributed by atoms with Gasteiger partial charge in [0.2, 0.25) is 5.91 Å². The predicted octanol–water partition coefficient (Wildman–Crippen LogP) is 5.01. The summed E-state index contributed by atoms with van der Waals surface area (Å²) in [5.41, 5.74) is 2.00. The van der Waals surface area contributed by atoms with E-state index in [0.29, 0.717) is 13.2 Å². The van der Waals surface area contributed by atoms with Gasteiger partial charge < -0.3 is 19.4 Å².